The Balaban J connectivity index is 1.58. The van der Waals surface area contributed by atoms with Gasteiger partial charge in [-0.15, -0.1) is 10.2 Å². The molecule has 24 heavy (non-hydrogen) atoms. The minimum atomic E-state index is 0.488. The summed E-state index contributed by atoms with van der Waals surface area (Å²) in [6.07, 6.45) is 3.67. The van der Waals surface area contributed by atoms with E-state index in [9.17, 15) is 0 Å². The smallest absolute Gasteiger partial charge is 0.228 e. The van der Waals surface area contributed by atoms with Crippen molar-refractivity contribution in [1.82, 2.24) is 14.8 Å². The maximum absolute atomic E-state index is 5.46. The zero-order valence-electron chi connectivity index (χ0n) is 14.1. The van der Waals surface area contributed by atoms with Gasteiger partial charge in [0.2, 0.25) is 5.95 Å². The summed E-state index contributed by atoms with van der Waals surface area (Å²) in [7, 11) is 0. The molecule has 0 N–H and O–H groups in total. The molecule has 2 aliphatic rings. The average molecular weight is 344 g/mol. The number of anilines is 1. The molecular formula is C18H24N4OS. The molecule has 1 aliphatic heterocycles. The molecule has 1 aromatic carbocycles. The third kappa shape index (κ3) is 3.05. The second-order valence-corrected chi connectivity index (χ2v) is 7.49. The third-order valence-corrected chi connectivity index (χ3v) is 6.16. The Morgan fingerprint density at radius 3 is 2.88 bits per heavy atom. The first-order valence-electron chi connectivity index (χ1n) is 8.87. The van der Waals surface area contributed by atoms with Crippen LogP contribution in [-0.2, 0) is 17.7 Å². The molecule has 1 unspecified atom stereocenters. The van der Waals surface area contributed by atoms with E-state index in [0.717, 1.165) is 44.0 Å². The van der Waals surface area contributed by atoms with Crippen LogP contribution in [0.5, 0.6) is 0 Å². The van der Waals surface area contributed by atoms with Gasteiger partial charge in [0.25, 0.3) is 0 Å². The van der Waals surface area contributed by atoms with E-state index in [4.69, 9.17) is 4.74 Å². The van der Waals surface area contributed by atoms with E-state index in [1.807, 2.05) is 11.8 Å². The monoisotopic (exact) mass is 344 g/mol. The lowest BCUT2D eigenvalue weighted by molar-refractivity contribution is 0.121. The van der Waals surface area contributed by atoms with Gasteiger partial charge >= 0.3 is 0 Å². The number of aromatic nitrogens is 3. The minimum absolute atomic E-state index is 0.488. The number of thioether (sulfide) groups is 1. The normalized spacial score (nSPS) is 20.9. The summed E-state index contributed by atoms with van der Waals surface area (Å²) >= 11 is 1.87. The van der Waals surface area contributed by atoms with Crippen molar-refractivity contribution in [3.05, 3.63) is 35.4 Å². The van der Waals surface area contributed by atoms with E-state index in [0.29, 0.717) is 5.25 Å². The Bertz CT molecular complexity index is 696. The van der Waals surface area contributed by atoms with Gasteiger partial charge in [0.15, 0.2) is 5.16 Å². The summed E-state index contributed by atoms with van der Waals surface area (Å²) in [6, 6.07) is 8.85. The number of hydrogen-bond donors (Lipinski definition) is 0. The van der Waals surface area contributed by atoms with Crippen LogP contribution in [0.1, 0.15) is 36.1 Å². The standard InChI is InChI=1S/C18H24N4OS/c1-2-22-17(21-10-12-23-13-11-21)19-20-18(22)24-16-9-5-7-14-6-3-4-8-15(14)16/h3-4,6,8,16H,2,5,7,9-13H2,1H3. The van der Waals surface area contributed by atoms with Gasteiger partial charge in [-0.05, 0) is 37.3 Å². The molecule has 6 heteroatoms. The highest BCUT2D eigenvalue weighted by Gasteiger charge is 2.25. The highest BCUT2D eigenvalue weighted by atomic mass is 32.2. The first-order chi connectivity index (χ1) is 11.9. The van der Waals surface area contributed by atoms with Crippen LogP contribution < -0.4 is 4.90 Å². The lowest BCUT2D eigenvalue weighted by Crippen LogP contribution is -2.38. The van der Waals surface area contributed by atoms with E-state index in [1.54, 1.807) is 0 Å². The Morgan fingerprint density at radius 1 is 1.21 bits per heavy atom. The van der Waals surface area contributed by atoms with Gasteiger partial charge in [0.1, 0.15) is 0 Å². The SMILES string of the molecule is CCn1c(SC2CCCc3ccccc32)nnc1N1CCOCC1. The minimum Gasteiger partial charge on any atom is -0.378 e. The molecule has 1 aliphatic carbocycles. The van der Waals surface area contributed by atoms with Crippen LogP contribution in [0, 0.1) is 0 Å². The molecule has 1 aromatic heterocycles. The lowest BCUT2D eigenvalue weighted by Gasteiger charge is -2.28. The third-order valence-electron chi connectivity index (χ3n) is 4.87. The Kier molecular flexibility index (Phi) is 4.76. The second kappa shape index (κ2) is 7.15. The molecule has 0 saturated carbocycles. The van der Waals surface area contributed by atoms with Gasteiger partial charge in [-0.3, -0.25) is 4.57 Å². The van der Waals surface area contributed by atoms with Crippen LogP contribution >= 0.6 is 11.8 Å². The van der Waals surface area contributed by atoms with Crippen LogP contribution in [0.4, 0.5) is 5.95 Å². The van der Waals surface area contributed by atoms with Gasteiger partial charge in [-0.1, -0.05) is 36.0 Å². The summed E-state index contributed by atoms with van der Waals surface area (Å²) in [5.74, 6) is 0.993. The molecule has 0 bridgehead atoms. The zero-order chi connectivity index (χ0) is 16.4. The molecule has 4 rings (SSSR count). The molecule has 1 fully saturated rings. The topological polar surface area (TPSA) is 43.2 Å². The summed E-state index contributed by atoms with van der Waals surface area (Å²) in [4.78, 5) is 2.29. The Hall–Kier alpha value is -1.53. The van der Waals surface area contributed by atoms with Gasteiger partial charge in [0.05, 0.1) is 13.2 Å². The van der Waals surface area contributed by atoms with Crippen LogP contribution in [0.2, 0.25) is 0 Å². The molecule has 2 aromatic rings. The van der Waals surface area contributed by atoms with Gasteiger partial charge < -0.3 is 9.64 Å². The number of morpholine rings is 1. The molecule has 0 radical (unpaired) electrons. The summed E-state index contributed by atoms with van der Waals surface area (Å²) in [6.45, 7) is 6.41. The van der Waals surface area contributed by atoms with Crippen molar-refractivity contribution >= 4 is 17.7 Å². The average Bonchev–Trinajstić information content (AvgIpc) is 3.05. The van der Waals surface area contributed by atoms with Crippen molar-refractivity contribution in [2.24, 2.45) is 0 Å². The zero-order valence-corrected chi connectivity index (χ0v) is 15.0. The van der Waals surface area contributed by atoms with Crippen molar-refractivity contribution in [3.8, 4) is 0 Å². The summed E-state index contributed by atoms with van der Waals surface area (Å²) in [5, 5.41) is 10.5. The van der Waals surface area contributed by atoms with Gasteiger partial charge in [0, 0.05) is 24.9 Å². The molecule has 2 heterocycles. The Labute approximate surface area is 147 Å². The number of hydrogen-bond acceptors (Lipinski definition) is 5. The number of aryl methyl sites for hydroxylation is 1. The first-order valence-corrected chi connectivity index (χ1v) is 9.75. The van der Waals surface area contributed by atoms with Crippen molar-refractivity contribution in [2.45, 2.75) is 43.1 Å². The number of nitrogens with zero attached hydrogens (tertiary/aromatic N) is 4. The van der Waals surface area contributed by atoms with Crippen molar-refractivity contribution in [2.75, 3.05) is 31.2 Å². The number of fused-ring (bicyclic) bond motifs is 1. The maximum Gasteiger partial charge on any atom is 0.228 e. The van der Waals surface area contributed by atoms with Crippen LogP contribution in [0.15, 0.2) is 29.4 Å². The predicted octanol–water partition coefficient (Wildman–Crippen LogP) is 3.30. The van der Waals surface area contributed by atoms with Gasteiger partial charge in [-0.25, -0.2) is 0 Å². The van der Waals surface area contributed by atoms with E-state index in [1.165, 1.54) is 30.4 Å². The molecule has 0 spiro atoms. The van der Waals surface area contributed by atoms with E-state index < -0.39 is 0 Å². The molecule has 1 atom stereocenters. The highest BCUT2D eigenvalue weighted by Crippen LogP contribution is 2.43. The predicted molar refractivity (Wildman–Crippen MR) is 96.7 cm³/mol. The molecular weight excluding hydrogens is 320 g/mol. The fraction of sp³-hybridized carbons (Fsp3) is 0.556. The summed E-state index contributed by atoms with van der Waals surface area (Å²) in [5.41, 5.74) is 2.98. The number of benzene rings is 1. The first kappa shape index (κ1) is 16.0. The van der Waals surface area contributed by atoms with E-state index in [2.05, 4.69) is 50.9 Å². The van der Waals surface area contributed by atoms with Crippen LogP contribution in [-0.4, -0.2) is 41.1 Å². The molecule has 0 amide bonds. The molecule has 1 saturated heterocycles. The maximum atomic E-state index is 5.46. The fourth-order valence-electron chi connectivity index (χ4n) is 3.60. The van der Waals surface area contributed by atoms with Crippen LogP contribution in [0.25, 0.3) is 0 Å². The van der Waals surface area contributed by atoms with Gasteiger partial charge in [-0.2, -0.15) is 0 Å². The molecule has 5 nitrogen and oxygen atoms in total. The van der Waals surface area contributed by atoms with E-state index >= 15 is 0 Å². The van der Waals surface area contributed by atoms with Crippen molar-refractivity contribution < 1.29 is 4.74 Å². The number of ether oxygens (including phenoxy) is 1. The second-order valence-electron chi connectivity index (χ2n) is 6.32. The lowest BCUT2D eigenvalue weighted by atomic mass is 9.91. The fourth-order valence-corrected chi connectivity index (χ4v) is 4.92. The van der Waals surface area contributed by atoms with E-state index in [-0.39, 0.29) is 0 Å². The highest BCUT2D eigenvalue weighted by molar-refractivity contribution is 7.99. The van der Waals surface area contributed by atoms with Crippen LogP contribution in [0.3, 0.4) is 0 Å². The Morgan fingerprint density at radius 2 is 2.04 bits per heavy atom. The summed E-state index contributed by atoms with van der Waals surface area (Å²) < 4.78 is 7.71. The largest absolute Gasteiger partial charge is 0.378 e. The quantitative estimate of drug-likeness (QED) is 0.851. The van der Waals surface area contributed by atoms with Crippen molar-refractivity contribution in [3.63, 3.8) is 0 Å². The van der Waals surface area contributed by atoms with Crippen molar-refractivity contribution in [1.29, 1.82) is 0 Å². The number of rotatable bonds is 4. The molecule has 128 valence electrons.